The molecule has 7 nitrogen and oxygen atoms in total. The van der Waals surface area contributed by atoms with E-state index >= 15 is 0 Å². The van der Waals surface area contributed by atoms with E-state index in [9.17, 15) is 13.2 Å². The van der Waals surface area contributed by atoms with Gasteiger partial charge in [0.1, 0.15) is 4.90 Å². The zero-order chi connectivity index (χ0) is 17.3. The van der Waals surface area contributed by atoms with Crippen LogP contribution in [0, 0.1) is 0 Å². The highest BCUT2D eigenvalue weighted by Crippen LogP contribution is 2.19. The monoisotopic (exact) mass is 348 g/mol. The molecule has 0 bridgehead atoms. The molecule has 1 amide bonds. The molecule has 24 heavy (non-hydrogen) atoms. The Morgan fingerprint density at radius 1 is 1.29 bits per heavy atom. The molecule has 0 saturated carbocycles. The van der Waals surface area contributed by atoms with Gasteiger partial charge in [-0.1, -0.05) is 24.3 Å². The lowest BCUT2D eigenvalue weighted by Gasteiger charge is -2.31. The normalized spacial score (nSPS) is 15.8. The van der Waals surface area contributed by atoms with Gasteiger partial charge in [0.25, 0.3) is 0 Å². The summed E-state index contributed by atoms with van der Waals surface area (Å²) in [5.74, 6) is -0.225. The average molecular weight is 348 g/mol. The molecule has 0 aliphatic carbocycles. The second kappa shape index (κ2) is 6.37. The Kier molecular flexibility index (Phi) is 4.42. The molecule has 0 fully saturated rings. The van der Waals surface area contributed by atoms with Crippen LogP contribution in [0.2, 0.25) is 0 Å². The lowest BCUT2D eigenvalue weighted by molar-refractivity contribution is -0.133. The third-order valence-electron chi connectivity index (χ3n) is 4.14. The van der Waals surface area contributed by atoms with Gasteiger partial charge >= 0.3 is 0 Å². The van der Waals surface area contributed by atoms with Crippen LogP contribution in [0.5, 0.6) is 0 Å². The van der Waals surface area contributed by atoms with Crippen molar-refractivity contribution in [1.29, 1.82) is 0 Å². The number of benzene rings is 1. The number of carbonyl (C=O) groups is 1. The minimum atomic E-state index is -3.76. The number of carbonyl (C=O) groups excluding carboxylic acids is 1. The van der Waals surface area contributed by atoms with Crippen molar-refractivity contribution in [2.45, 2.75) is 30.8 Å². The molecule has 1 aromatic carbocycles. The molecule has 2 heterocycles. The molecule has 0 saturated heterocycles. The third-order valence-corrected chi connectivity index (χ3v) is 5.63. The maximum absolute atomic E-state index is 12.6. The van der Waals surface area contributed by atoms with Crippen molar-refractivity contribution in [1.82, 2.24) is 19.4 Å². The quantitative estimate of drug-likeness (QED) is 0.880. The van der Waals surface area contributed by atoms with Gasteiger partial charge in [0.2, 0.25) is 15.9 Å². The van der Waals surface area contributed by atoms with Crippen molar-refractivity contribution in [3.05, 3.63) is 47.8 Å². The fourth-order valence-electron chi connectivity index (χ4n) is 2.85. The summed E-state index contributed by atoms with van der Waals surface area (Å²) in [4.78, 5) is 14.3. The fourth-order valence-corrected chi connectivity index (χ4v) is 4.03. The summed E-state index contributed by atoms with van der Waals surface area (Å²) in [5.41, 5.74) is 2.35. The number of nitrogens with zero attached hydrogens (tertiary/aromatic N) is 3. The van der Waals surface area contributed by atoms with Crippen LogP contribution in [-0.4, -0.2) is 41.6 Å². The molecule has 0 unspecified atom stereocenters. The highest BCUT2D eigenvalue weighted by atomic mass is 32.2. The van der Waals surface area contributed by atoms with Gasteiger partial charge in [0.05, 0.1) is 12.2 Å². The SMILES string of the molecule is C[C@H](NS(=O)(=O)c1cnn(C)c1)C(=O)N1CCc2ccccc2C1. The Morgan fingerprint density at radius 3 is 2.67 bits per heavy atom. The first-order valence-electron chi connectivity index (χ1n) is 7.73. The van der Waals surface area contributed by atoms with Crippen LogP contribution in [0.1, 0.15) is 18.1 Å². The molecule has 1 aliphatic heterocycles. The number of nitrogens with one attached hydrogen (secondary N) is 1. The van der Waals surface area contributed by atoms with Gasteiger partial charge in [-0.25, -0.2) is 8.42 Å². The van der Waals surface area contributed by atoms with Crippen molar-refractivity contribution in [3.8, 4) is 0 Å². The molecule has 1 N–H and O–H groups in total. The van der Waals surface area contributed by atoms with E-state index in [0.29, 0.717) is 13.1 Å². The molecule has 1 aliphatic rings. The van der Waals surface area contributed by atoms with Gasteiger partial charge < -0.3 is 4.90 Å². The number of sulfonamides is 1. The van der Waals surface area contributed by atoms with E-state index in [1.165, 1.54) is 22.6 Å². The summed E-state index contributed by atoms with van der Waals surface area (Å²) in [6.07, 6.45) is 3.44. The second-order valence-electron chi connectivity index (χ2n) is 5.97. The summed E-state index contributed by atoms with van der Waals surface area (Å²) >= 11 is 0. The Bertz CT molecular complexity index is 860. The predicted molar refractivity (Wildman–Crippen MR) is 88.6 cm³/mol. The number of aryl methyl sites for hydroxylation is 1. The average Bonchev–Trinajstić information content (AvgIpc) is 3.00. The number of hydrogen-bond donors (Lipinski definition) is 1. The Hall–Kier alpha value is -2.19. The van der Waals surface area contributed by atoms with Crippen molar-refractivity contribution >= 4 is 15.9 Å². The molecule has 1 atom stereocenters. The number of aromatic nitrogens is 2. The van der Waals surface area contributed by atoms with Gasteiger partial charge in [-0.2, -0.15) is 9.82 Å². The van der Waals surface area contributed by atoms with E-state index in [0.717, 1.165) is 12.0 Å². The van der Waals surface area contributed by atoms with Crippen LogP contribution in [0.15, 0.2) is 41.6 Å². The molecule has 0 radical (unpaired) electrons. The van der Waals surface area contributed by atoms with Crippen LogP contribution in [0.25, 0.3) is 0 Å². The Morgan fingerprint density at radius 2 is 2.00 bits per heavy atom. The molecule has 1 aromatic heterocycles. The Balaban J connectivity index is 1.69. The van der Waals surface area contributed by atoms with Crippen LogP contribution in [0.4, 0.5) is 0 Å². The van der Waals surface area contributed by atoms with Crippen molar-refractivity contribution < 1.29 is 13.2 Å². The smallest absolute Gasteiger partial charge is 0.244 e. The van der Waals surface area contributed by atoms with E-state index in [1.807, 2.05) is 18.2 Å². The molecule has 128 valence electrons. The summed E-state index contributed by atoms with van der Waals surface area (Å²) in [7, 11) is -2.13. The first-order chi connectivity index (χ1) is 11.4. The largest absolute Gasteiger partial charge is 0.337 e. The van der Waals surface area contributed by atoms with Crippen LogP contribution >= 0.6 is 0 Å². The first kappa shape index (κ1) is 16.7. The van der Waals surface area contributed by atoms with Crippen molar-refractivity contribution in [2.24, 2.45) is 7.05 Å². The lowest BCUT2D eigenvalue weighted by Crippen LogP contribution is -2.48. The molecule has 2 aromatic rings. The number of amides is 1. The number of fused-ring (bicyclic) bond motifs is 1. The van der Waals surface area contributed by atoms with E-state index in [1.54, 1.807) is 18.9 Å². The zero-order valence-corrected chi connectivity index (χ0v) is 14.5. The summed E-state index contributed by atoms with van der Waals surface area (Å²) in [5, 5.41) is 3.85. The van der Waals surface area contributed by atoms with Crippen LogP contribution in [0.3, 0.4) is 0 Å². The van der Waals surface area contributed by atoms with Gasteiger partial charge in [-0.15, -0.1) is 0 Å². The fraction of sp³-hybridized carbons (Fsp3) is 0.375. The van der Waals surface area contributed by atoms with Gasteiger partial charge in [0, 0.05) is 26.3 Å². The summed E-state index contributed by atoms with van der Waals surface area (Å²) < 4.78 is 28.5. The summed E-state index contributed by atoms with van der Waals surface area (Å²) in [6, 6.07) is 7.16. The van der Waals surface area contributed by atoms with Gasteiger partial charge in [-0.3, -0.25) is 9.48 Å². The first-order valence-corrected chi connectivity index (χ1v) is 9.22. The summed E-state index contributed by atoms with van der Waals surface area (Å²) in [6.45, 7) is 2.67. The van der Waals surface area contributed by atoms with Gasteiger partial charge in [-0.05, 0) is 24.5 Å². The topological polar surface area (TPSA) is 84.3 Å². The van der Waals surface area contributed by atoms with Crippen LogP contribution in [-0.2, 0) is 34.8 Å². The molecular weight excluding hydrogens is 328 g/mol. The highest BCUT2D eigenvalue weighted by molar-refractivity contribution is 7.89. The van der Waals surface area contributed by atoms with Gasteiger partial charge in [0.15, 0.2) is 0 Å². The molecule has 3 rings (SSSR count). The maximum atomic E-state index is 12.6. The second-order valence-corrected chi connectivity index (χ2v) is 7.69. The van der Waals surface area contributed by atoms with Crippen molar-refractivity contribution in [3.63, 3.8) is 0 Å². The molecule has 8 heteroatoms. The Labute approximate surface area is 141 Å². The van der Waals surface area contributed by atoms with Crippen LogP contribution < -0.4 is 4.72 Å². The maximum Gasteiger partial charge on any atom is 0.244 e. The lowest BCUT2D eigenvalue weighted by atomic mass is 9.99. The zero-order valence-electron chi connectivity index (χ0n) is 13.6. The highest BCUT2D eigenvalue weighted by Gasteiger charge is 2.28. The minimum Gasteiger partial charge on any atom is -0.337 e. The molecule has 0 spiro atoms. The number of hydrogen-bond acceptors (Lipinski definition) is 4. The van der Waals surface area contributed by atoms with E-state index in [4.69, 9.17) is 0 Å². The third kappa shape index (κ3) is 3.34. The van der Waals surface area contributed by atoms with E-state index < -0.39 is 16.1 Å². The van der Waals surface area contributed by atoms with E-state index in [2.05, 4.69) is 15.9 Å². The van der Waals surface area contributed by atoms with Crippen molar-refractivity contribution in [2.75, 3.05) is 6.54 Å². The molecular formula is C16H20N4O3S. The predicted octanol–water partition coefficient (Wildman–Crippen LogP) is 0.672. The minimum absolute atomic E-state index is 0.0497. The van der Waals surface area contributed by atoms with E-state index in [-0.39, 0.29) is 10.8 Å². The standard InChI is InChI=1S/C16H20N4O3S/c1-12(18-24(22,23)15-9-17-19(2)11-15)16(21)20-8-7-13-5-3-4-6-14(13)10-20/h3-6,9,11-12,18H,7-8,10H2,1-2H3/t12-/m0/s1. The number of rotatable bonds is 4.